The average molecular weight is 494 g/mol. The predicted octanol–water partition coefficient (Wildman–Crippen LogP) is 2.75. The Bertz CT molecular complexity index is 1230. The summed E-state index contributed by atoms with van der Waals surface area (Å²) in [5.74, 6) is -1.09. The van der Waals surface area contributed by atoms with Gasteiger partial charge in [-0.25, -0.2) is 9.59 Å². The van der Waals surface area contributed by atoms with Gasteiger partial charge in [-0.1, -0.05) is 37.0 Å². The zero-order chi connectivity index (χ0) is 24.7. The molecule has 33 heavy (non-hydrogen) atoms. The molecule has 0 saturated heterocycles. The lowest BCUT2D eigenvalue weighted by Crippen LogP contribution is -2.36. The topological polar surface area (TPSA) is 146 Å². The number of aromatic nitrogens is 2. The molecular weight excluding hydrogens is 473 g/mol. The van der Waals surface area contributed by atoms with E-state index in [2.05, 4.69) is 14.7 Å². The molecular formula is C21H21Cl2N5O5. The summed E-state index contributed by atoms with van der Waals surface area (Å²) in [7, 11) is 0. The summed E-state index contributed by atoms with van der Waals surface area (Å²) in [5.41, 5.74) is -0.204. The molecule has 2 amide bonds. The molecule has 0 aliphatic carbocycles. The van der Waals surface area contributed by atoms with Crippen LogP contribution in [0.2, 0.25) is 10.0 Å². The quantitative estimate of drug-likeness (QED) is 0.566. The lowest BCUT2D eigenvalue weighted by atomic mass is 10.1. The van der Waals surface area contributed by atoms with E-state index in [1.165, 1.54) is 22.9 Å². The Morgan fingerprint density at radius 2 is 1.91 bits per heavy atom. The molecule has 0 spiro atoms. The molecule has 0 aliphatic rings. The van der Waals surface area contributed by atoms with Crippen molar-refractivity contribution in [3.8, 4) is 6.07 Å². The van der Waals surface area contributed by atoms with Crippen molar-refractivity contribution in [3.63, 3.8) is 0 Å². The fourth-order valence-corrected chi connectivity index (χ4v) is 3.42. The number of halogens is 2. The van der Waals surface area contributed by atoms with Crippen molar-refractivity contribution in [2.75, 3.05) is 6.61 Å². The lowest BCUT2D eigenvalue weighted by Gasteiger charge is -2.13. The highest BCUT2D eigenvalue weighted by Gasteiger charge is 2.16. The van der Waals surface area contributed by atoms with E-state index in [4.69, 9.17) is 28.5 Å². The third-order valence-corrected chi connectivity index (χ3v) is 5.10. The molecule has 0 radical (unpaired) electrons. The number of alkyl carbamates (subject to hydrolysis) is 1. The van der Waals surface area contributed by atoms with Gasteiger partial charge in [0.25, 0.3) is 11.5 Å². The fourth-order valence-electron chi connectivity index (χ4n) is 2.77. The minimum absolute atomic E-state index is 0.0158. The zero-order valence-corrected chi connectivity index (χ0v) is 19.6. The minimum atomic E-state index is -0.997. The Hall–Kier alpha value is -3.42. The molecule has 174 valence electrons. The van der Waals surface area contributed by atoms with Crippen molar-refractivity contribution in [2.24, 2.45) is 4.99 Å². The van der Waals surface area contributed by atoms with Gasteiger partial charge in [0.05, 0.1) is 19.7 Å². The van der Waals surface area contributed by atoms with Gasteiger partial charge in [0.15, 0.2) is 0 Å². The molecule has 0 bridgehead atoms. The first kappa shape index (κ1) is 25.8. The predicted molar refractivity (Wildman–Crippen MR) is 123 cm³/mol. The third kappa shape index (κ3) is 6.78. The maximum atomic E-state index is 12.2. The number of H-pyrrole nitrogens is 1. The Balaban J connectivity index is 2.26. The van der Waals surface area contributed by atoms with Gasteiger partial charge in [0.2, 0.25) is 5.71 Å². The summed E-state index contributed by atoms with van der Waals surface area (Å²) in [4.78, 5) is 53.6. The first-order valence-corrected chi connectivity index (χ1v) is 10.6. The third-order valence-electron chi connectivity index (χ3n) is 4.42. The van der Waals surface area contributed by atoms with Gasteiger partial charge in [-0.3, -0.25) is 29.4 Å². The summed E-state index contributed by atoms with van der Waals surface area (Å²) >= 11 is 12.7. The number of carbonyl (C=O) groups excluding carboxylic acids is 2. The molecule has 2 rings (SSSR count). The van der Waals surface area contributed by atoms with Crippen LogP contribution in [0.1, 0.15) is 43.4 Å². The number of carbonyl (C=O) groups is 2. The van der Waals surface area contributed by atoms with E-state index >= 15 is 0 Å². The van der Waals surface area contributed by atoms with Crippen LogP contribution in [0.15, 0.2) is 32.9 Å². The summed E-state index contributed by atoms with van der Waals surface area (Å²) in [6, 6.07) is 4.68. The Kier molecular flexibility index (Phi) is 8.96. The average Bonchev–Trinajstić information content (AvgIpc) is 2.72. The molecule has 0 fully saturated rings. The maximum Gasteiger partial charge on any atom is 0.414 e. The summed E-state index contributed by atoms with van der Waals surface area (Å²) in [5, 5.41) is 11.5. The number of hydrogen-bond donors (Lipinski definition) is 2. The highest BCUT2D eigenvalue weighted by atomic mass is 35.5. The van der Waals surface area contributed by atoms with E-state index in [1.54, 1.807) is 13.0 Å². The Morgan fingerprint density at radius 3 is 2.45 bits per heavy atom. The van der Waals surface area contributed by atoms with E-state index < -0.39 is 29.0 Å². The van der Waals surface area contributed by atoms with E-state index in [0.29, 0.717) is 16.7 Å². The largest absolute Gasteiger partial charge is 0.450 e. The molecule has 1 aromatic carbocycles. The fraction of sp³-hybridized carbons (Fsp3) is 0.333. The maximum absolute atomic E-state index is 12.2. The van der Waals surface area contributed by atoms with Crippen LogP contribution in [0.4, 0.5) is 4.79 Å². The highest BCUT2D eigenvalue weighted by molar-refractivity contribution is 6.46. The van der Waals surface area contributed by atoms with Crippen molar-refractivity contribution in [2.45, 2.75) is 39.8 Å². The Labute approximate surface area is 198 Å². The van der Waals surface area contributed by atoms with Crippen molar-refractivity contribution < 1.29 is 14.3 Å². The van der Waals surface area contributed by atoms with E-state index in [1.807, 2.05) is 19.2 Å². The number of nitriles is 1. The van der Waals surface area contributed by atoms with Gasteiger partial charge in [0.1, 0.15) is 6.07 Å². The molecule has 1 heterocycles. The van der Waals surface area contributed by atoms with E-state index in [9.17, 15) is 19.2 Å². The van der Waals surface area contributed by atoms with E-state index in [0.717, 1.165) is 0 Å². The molecule has 2 N–H and O–H groups in total. The minimum Gasteiger partial charge on any atom is -0.450 e. The normalized spacial score (nSPS) is 11.2. The molecule has 12 heteroatoms. The van der Waals surface area contributed by atoms with Crippen LogP contribution in [0.5, 0.6) is 0 Å². The molecule has 0 aliphatic heterocycles. The second kappa shape index (κ2) is 11.4. The second-order valence-electron chi connectivity index (χ2n) is 7.12. The summed E-state index contributed by atoms with van der Waals surface area (Å²) in [6.07, 6.45) is 0.483. The van der Waals surface area contributed by atoms with Crippen molar-refractivity contribution in [1.82, 2.24) is 14.9 Å². The van der Waals surface area contributed by atoms with Gasteiger partial charge in [-0.15, -0.1) is 0 Å². The van der Waals surface area contributed by atoms with Crippen LogP contribution >= 0.6 is 23.2 Å². The van der Waals surface area contributed by atoms with Crippen molar-refractivity contribution in [1.29, 1.82) is 5.26 Å². The summed E-state index contributed by atoms with van der Waals surface area (Å²) in [6.45, 7) is 5.19. The van der Waals surface area contributed by atoms with Crippen LogP contribution in [0, 0.1) is 11.3 Å². The smallest absolute Gasteiger partial charge is 0.414 e. The second-order valence-corrected chi connectivity index (χ2v) is 7.93. The van der Waals surface area contributed by atoms with Crippen molar-refractivity contribution in [3.05, 3.63) is 65.9 Å². The van der Waals surface area contributed by atoms with Gasteiger partial charge < -0.3 is 4.74 Å². The van der Waals surface area contributed by atoms with Crippen molar-refractivity contribution >= 4 is 40.9 Å². The number of aromatic amines is 1. The van der Waals surface area contributed by atoms with Crippen LogP contribution < -0.4 is 16.6 Å². The monoisotopic (exact) mass is 493 g/mol. The first-order valence-electron chi connectivity index (χ1n) is 9.80. The van der Waals surface area contributed by atoms with Crippen LogP contribution in [0.3, 0.4) is 0 Å². The number of rotatable bonds is 7. The van der Waals surface area contributed by atoms with Crippen LogP contribution in [0.25, 0.3) is 0 Å². The standard InChI is InChI=1S/C21H21Cl2N5O5/c1-4-33-21(32)27-19(30)17(7-24)25-8-12-5-15(22)14(16(23)6-12)10-28-9-13(11(2)3)18(29)26-20(28)31/h5-6,9,11H,4,8,10H2,1-3H3,(H,26,29,31)(H,27,30,32). The number of aliphatic imine (C=N–C) groups is 1. The number of imide groups is 1. The number of nitrogens with zero attached hydrogens (tertiary/aromatic N) is 3. The Morgan fingerprint density at radius 1 is 1.27 bits per heavy atom. The molecule has 0 atom stereocenters. The molecule has 0 unspecified atom stereocenters. The highest BCUT2D eigenvalue weighted by Crippen LogP contribution is 2.28. The van der Waals surface area contributed by atoms with Gasteiger partial charge in [-0.05, 0) is 30.5 Å². The number of hydrogen-bond acceptors (Lipinski definition) is 7. The van der Waals surface area contributed by atoms with Crippen LogP contribution in [-0.4, -0.2) is 33.9 Å². The van der Waals surface area contributed by atoms with Gasteiger partial charge in [0, 0.05) is 27.4 Å². The first-order chi connectivity index (χ1) is 15.6. The molecule has 0 saturated carbocycles. The molecule has 2 aromatic rings. The number of amides is 2. The number of ether oxygens (including phenoxy) is 1. The zero-order valence-electron chi connectivity index (χ0n) is 18.1. The number of nitrogens with one attached hydrogen (secondary N) is 2. The van der Waals surface area contributed by atoms with Crippen LogP contribution in [-0.2, 0) is 22.6 Å². The molecule has 1 aromatic heterocycles. The number of benzene rings is 1. The lowest BCUT2D eigenvalue weighted by molar-refractivity contribution is -0.114. The summed E-state index contributed by atoms with van der Waals surface area (Å²) < 4.78 is 5.89. The van der Waals surface area contributed by atoms with E-state index in [-0.39, 0.29) is 35.7 Å². The van der Waals surface area contributed by atoms with Gasteiger partial charge >= 0.3 is 11.8 Å². The SMILES string of the molecule is CCOC(=O)NC(=O)C(C#N)=NCc1cc(Cl)c(Cn2cc(C(C)C)c(=O)[nH]c2=O)c(Cl)c1. The van der Waals surface area contributed by atoms with Gasteiger partial charge in [-0.2, -0.15) is 5.26 Å². The molecule has 10 nitrogen and oxygen atoms in total.